The average molecular weight is 431 g/mol. The fraction of sp³-hybridized carbons (Fsp3) is 0.370. The third-order valence-corrected chi connectivity index (χ3v) is 7.04. The number of carbonyl (C=O) groups is 1. The first-order valence-corrected chi connectivity index (χ1v) is 11.4. The number of amides is 1. The third kappa shape index (κ3) is 3.82. The standard InChI is InChI=1S/C27H30N2O3/c1-31-24-14-19-10-6-7-11-23(19)26(32-2)25(24)27(30)28-20-15-21-12-13-22(16-20)29(21)17-18-8-4-3-5-9-18/h3-11,14,20-22H,12-13,15-17H2,1-2H3,(H,28,30). The van der Waals surface area contributed by atoms with Crippen molar-refractivity contribution in [3.8, 4) is 11.5 Å². The normalized spacial score (nSPS) is 22.6. The van der Waals surface area contributed by atoms with E-state index in [1.807, 2.05) is 30.3 Å². The molecule has 5 heteroatoms. The molecule has 32 heavy (non-hydrogen) atoms. The van der Waals surface area contributed by atoms with E-state index in [9.17, 15) is 4.79 Å². The number of methoxy groups -OCH3 is 2. The molecule has 2 bridgehead atoms. The summed E-state index contributed by atoms with van der Waals surface area (Å²) in [6, 6.07) is 21.7. The van der Waals surface area contributed by atoms with Crippen LogP contribution in [0.15, 0.2) is 60.7 Å². The van der Waals surface area contributed by atoms with Crippen LogP contribution in [0, 0.1) is 0 Å². The highest BCUT2D eigenvalue weighted by molar-refractivity contribution is 6.06. The smallest absolute Gasteiger partial charge is 0.259 e. The predicted octanol–water partition coefficient (Wildman–Crippen LogP) is 4.78. The molecule has 0 spiro atoms. The second-order valence-corrected chi connectivity index (χ2v) is 8.89. The summed E-state index contributed by atoms with van der Waals surface area (Å²) in [6.07, 6.45) is 4.36. The molecule has 1 amide bonds. The zero-order chi connectivity index (χ0) is 22.1. The molecule has 1 N–H and O–H groups in total. The Kier molecular flexibility index (Phi) is 5.75. The van der Waals surface area contributed by atoms with Crippen molar-refractivity contribution >= 4 is 16.7 Å². The highest BCUT2D eigenvalue weighted by atomic mass is 16.5. The van der Waals surface area contributed by atoms with Crippen LogP contribution < -0.4 is 14.8 Å². The number of benzene rings is 3. The molecule has 2 heterocycles. The van der Waals surface area contributed by atoms with Gasteiger partial charge >= 0.3 is 0 Å². The lowest BCUT2D eigenvalue weighted by atomic mass is 9.95. The number of hydrogen-bond acceptors (Lipinski definition) is 4. The van der Waals surface area contributed by atoms with E-state index in [-0.39, 0.29) is 11.9 Å². The van der Waals surface area contributed by atoms with Crippen LogP contribution in [-0.2, 0) is 6.54 Å². The molecule has 3 aromatic carbocycles. The van der Waals surface area contributed by atoms with Crippen molar-refractivity contribution in [1.82, 2.24) is 10.2 Å². The van der Waals surface area contributed by atoms with Crippen LogP contribution in [0.5, 0.6) is 11.5 Å². The van der Waals surface area contributed by atoms with Gasteiger partial charge in [-0.3, -0.25) is 9.69 Å². The summed E-state index contributed by atoms with van der Waals surface area (Å²) in [5.74, 6) is 0.995. The number of rotatable bonds is 6. The average Bonchev–Trinajstić information content (AvgIpc) is 3.05. The van der Waals surface area contributed by atoms with E-state index in [0.29, 0.717) is 29.1 Å². The highest BCUT2D eigenvalue weighted by Gasteiger charge is 2.41. The van der Waals surface area contributed by atoms with Crippen LogP contribution in [-0.4, -0.2) is 43.2 Å². The highest BCUT2D eigenvalue weighted by Crippen LogP contribution is 2.39. The fourth-order valence-corrected chi connectivity index (χ4v) is 5.58. The van der Waals surface area contributed by atoms with Gasteiger partial charge in [0.05, 0.1) is 14.2 Å². The maximum absolute atomic E-state index is 13.4. The zero-order valence-corrected chi connectivity index (χ0v) is 18.7. The van der Waals surface area contributed by atoms with Crippen molar-refractivity contribution in [2.75, 3.05) is 14.2 Å². The lowest BCUT2D eigenvalue weighted by molar-refractivity contribution is 0.0823. The second kappa shape index (κ2) is 8.83. The number of nitrogens with one attached hydrogen (secondary N) is 1. The molecule has 2 aliphatic heterocycles. The zero-order valence-electron chi connectivity index (χ0n) is 18.7. The number of ether oxygens (including phenoxy) is 2. The summed E-state index contributed by atoms with van der Waals surface area (Å²) in [6.45, 7) is 0.989. The van der Waals surface area contributed by atoms with E-state index >= 15 is 0 Å². The van der Waals surface area contributed by atoms with Gasteiger partial charge in [-0.15, -0.1) is 0 Å². The lowest BCUT2D eigenvalue weighted by Crippen LogP contribution is -2.50. The quantitative estimate of drug-likeness (QED) is 0.611. The van der Waals surface area contributed by atoms with Crippen LogP contribution >= 0.6 is 0 Å². The first-order valence-electron chi connectivity index (χ1n) is 11.4. The Hall–Kier alpha value is -3.05. The maximum Gasteiger partial charge on any atom is 0.259 e. The molecular weight excluding hydrogens is 400 g/mol. The predicted molar refractivity (Wildman–Crippen MR) is 126 cm³/mol. The van der Waals surface area contributed by atoms with Gasteiger partial charge < -0.3 is 14.8 Å². The van der Waals surface area contributed by atoms with E-state index in [4.69, 9.17) is 9.47 Å². The van der Waals surface area contributed by atoms with Gasteiger partial charge in [0, 0.05) is 30.1 Å². The van der Waals surface area contributed by atoms with E-state index < -0.39 is 0 Å². The Bertz CT molecular complexity index is 1100. The minimum absolute atomic E-state index is 0.120. The molecule has 5 rings (SSSR count). The molecule has 0 aromatic heterocycles. The van der Waals surface area contributed by atoms with Crippen molar-refractivity contribution in [3.05, 3.63) is 71.8 Å². The minimum atomic E-state index is -0.120. The SMILES string of the molecule is COc1cc2ccccc2c(OC)c1C(=O)NC1CC2CCC(C1)N2Cc1ccccc1. The molecule has 2 aliphatic rings. The van der Waals surface area contributed by atoms with Crippen molar-refractivity contribution in [2.45, 2.75) is 50.4 Å². The fourth-order valence-electron chi connectivity index (χ4n) is 5.58. The molecule has 166 valence electrons. The minimum Gasteiger partial charge on any atom is -0.496 e. The van der Waals surface area contributed by atoms with Crippen molar-refractivity contribution in [1.29, 1.82) is 0 Å². The van der Waals surface area contributed by atoms with Crippen LogP contribution in [0.3, 0.4) is 0 Å². The Morgan fingerprint density at radius 3 is 2.34 bits per heavy atom. The monoisotopic (exact) mass is 430 g/mol. The summed E-state index contributed by atoms with van der Waals surface area (Å²) in [5.41, 5.74) is 1.84. The third-order valence-electron chi connectivity index (χ3n) is 7.04. The van der Waals surface area contributed by atoms with Gasteiger partial charge in [0.25, 0.3) is 5.91 Å². The summed E-state index contributed by atoms with van der Waals surface area (Å²) < 4.78 is 11.3. The summed E-state index contributed by atoms with van der Waals surface area (Å²) in [4.78, 5) is 16.1. The van der Waals surface area contributed by atoms with Crippen LogP contribution in [0.2, 0.25) is 0 Å². The molecule has 2 unspecified atom stereocenters. The van der Waals surface area contributed by atoms with E-state index in [1.165, 1.54) is 18.4 Å². The summed E-state index contributed by atoms with van der Waals surface area (Å²) >= 11 is 0. The van der Waals surface area contributed by atoms with Crippen molar-refractivity contribution in [2.24, 2.45) is 0 Å². The van der Waals surface area contributed by atoms with Crippen LogP contribution in [0.4, 0.5) is 0 Å². The van der Waals surface area contributed by atoms with E-state index in [0.717, 1.165) is 30.2 Å². The van der Waals surface area contributed by atoms with Gasteiger partial charge in [0.1, 0.15) is 17.1 Å². The molecule has 0 aliphatic carbocycles. The van der Waals surface area contributed by atoms with Gasteiger partial charge in [0.2, 0.25) is 0 Å². The molecule has 2 fully saturated rings. The Balaban J connectivity index is 1.35. The number of nitrogens with zero attached hydrogens (tertiary/aromatic N) is 1. The van der Waals surface area contributed by atoms with Gasteiger partial charge in [-0.05, 0) is 42.7 Å². The number of carbonyl (C=O) groups excluding carboxylic acids is 1. The lowest BCUT2D eigenvalue weighted by Gasteiger charge is -2.39. The van der Waals surface area contributed by atoms with Crippen LogP contribution in [0.25, 0.3) is 10.8 Å². The number of fused-ring (bicyclic) bond motifs is 3. The molecule has 0 radical (unpaired) electrons. The van der Waals surface area contributed by atoms with Gasteiger partial charge in [-0.2, -0.15) is 0 Å². The van der Waals surface area contributed by atoms with Crippen molar-refractivity contribution in [3.63, 3.8) is 0 Å². The molecule has 5 nitrogen and oxygen atoms in total. The molecule has 2 saturated heterocycles. The molecule has 2 atom stereocenters. The largest absolute Gasteiger partial charge is 0.496 e. The van der Waals surface area contributed by atoms with Gasteiger partial charge in [0.15, 0.2) is 0 Å². The van der Waals surface area contributed by atoms with Gasteiger partial charge in [-0.1, -0.05) is 54.6 Å². The Morgan fingerprint density at radius 1 is 0.969 bits per heavy atom. The second-order valence-electron chi connectivity index (χ2n) is 8.89. The van der Waals surface area contributed by atoms with E-state index in [1.54, 1.807) is 14.2 Å². The van der Waals surface area contributed by atoms with Gasteiger partial charge in [-0.25, -0.2) is 0 Å². The summed E-state index contributed by atoms with van der Waals surface area (Å²) in [7, 11) is 3.21. The Morgan fingerprint density at radius 2 is 1.66 bits per heavy atom. The topological polar surface area (TPSA) is 50.8 Å². The summed E-state index contributed by atoms with van der Waals surface area (Å²) in [5, 5.41) is 5.22. The van der Waals surface area contributed by atoms with Crippen LogP contribution in [0.1, 0.15) is 41.6 Å². The number of hydrogen-bond donors (Lipinski definition) is 1. The first-order chi connectivity index (χ1) is 15.7. The first kappa shape index (κ1) is 20.8. The number of piperidine rings is 1. The van der Waals surface area contributed by atoms with E-state index in [2.05, 4.69) is 40.5 Å². The maximum atomic E-state index is 13.4. The van der Waals surface area contributed by atoms with Crippen molar-refractivity contribution < 1.29 is 14.3 Å². The Labute approximate surface area is 189 Å². The molecule has 3 aromatic rings. The molecular formula is C27H30N2O3. The molecule has 0 saturated carbocycles.